The molecule has 0 unspecified atom stereocenters. The summed E-state index contributed by atoms with van der Waals surface area (Å²) in [5.41, 5.74) is 3.67. The van der Waals surface area contributed by atoms with Crippen LogP contribution < -0.4 is 5.56 Å². The van der Waals surface area contributed by atoms with Crippen molar-refractivity contribution < 1.29 is 5.11 Å². The number of rotatable bonds is 4. The van der Waals surface area contributed by atoms with Crippen LogP contribution in [0.4, 0.5) is 0 Å². The zero-order chi connectivity index (χ0) is 23.2. The predicted octanol–water partition coefficient (Wildman–Crippen LogP) is 5.49. The fourth-order valence-electron chi connectivity index (χ4n) is 4.60. The molecule has 1 fully saturated rings. The van der Waals surface area contributed by atoms with Crippen molar-refractivity contribution in [2.75, 3.05) is 13.1 Å². The number of nitrogens with zero attached hydrogens (tertiary/aromatic N) is 3. The minimum atomic E-state index is -0.210. The highest BCUT2D eigenvalue weighted by molar-refractivity contribution is 7.22. The number of hydrogen-bond acceptors (Lipinski definition) is 5. The molecule has 0 radical (unpaired) electrons. The number of benzene rings is 3. The molecule has 0 bridgehead atoms. The van der Waals surface area contributed by atoms with Gasteiger partial charge in [-0.25, -0.2) is 4.98 Å². The van der Waals surface area contributed by atoms with E-state index in [0.717, 1.165) is 53.0 Å². The summed E-state index contributed by atoms with van der Waals surface area (Å²) >= 11 is 7.46. The molecule has 1 aliphatic rings. The van der Waals surface area contributed by atoms with Crippen molar-refractivity contribution in [1.29, 1.82) is 0 Å². The van der Waals surface area contributed by atoms with Gasteiger partial charge in [-0.1, -0.05) is 41.9 Å². The largest absolute Gasteiger partial charge is 0.392 e. The van der Waals surface area contributed by atoms with Crippen LogP contribution in [0, 0.1) is 0 Å². The molecule has 6 rings (SSSR count). The first-order valence-electron chi connectivity index (χ1n) is 11.2. The second-order valence-corrected chi connectivity index (χ2v) is 10.3. The van der Waals surface area contributed by atoms with Crippen LogP contribution in [-0.2, 0) is 6.54 Å². The fraction of sp³-hybridized carbons (Fsp3) is 0.185. The zero-order valence-electron chi connectivity index (χ0n) is 18.3. The Bertz CT molecular complexity index is 1580. The van der Waals surface area contributed by atoms with Crippen LogP contribution in [-0.4, -0.2) is 38.8 Å². The average molecular weight is 488 g/mol. The van der Waals surface area contributed by atoms with Gasteiger partial charge in [-0.15, -0.1) is 11.3 Å². The van der Waals surface area contributed by atoms with E-state index in [1.807, 2.05) is 42.5 Å². The summed E-state index contributed by atoms with van der Waals surface area (Å²) in [5, 5.41) is 12.7. The molecule has 7 heteroatoms. The third kappa shape index (κ3) is 4.03. The van der Waals surface area contributed by atoms with Crippen LogP contribution in [0.1, 0.15) is 12.0 Å². The lowest BCUT2D eigenvalue weighted by atomic mass is 10.1. The van der Waals surface area contributed by atoms with Gasteiger partial charge in [0.15, 0.2) is 0 Å². The highest BCUT2D eigenvalue weighted by Crippen LogP contribution is 2.32. The average Bonchev–Trinajstić information content (AvgIpc) is 3.46. The summed E-state index contributed by atoms with van der Waals surface area (Å²) in [4.78, 5) is 21.2. The lowest BCUT2D eigenvalue weighted by Gasteiger charge is -2.15. The molecule has 2 aromatic heterocycles. The number of halogens is 1. The minimum Gasteiger partial charge on any atom is -0.392 e. The highest BCUT2D eigenvalue weighted by Gasteiger charge is 2.20. The highest BCUT2D eigenvalue weighted by atomic mass is 35.5. The first-order valence-corrected chi connectivity index (χ1v) is 12.4. The number of aliphatic hydroxyl groups excluding tert-OH is 1. The smallest absolute Gasteiger partial charge is 0.275 e. The van der Waals surface area contributed by atoms with E-state index >= 15 is 0 Å². The molecular weight excluding hydrogens is 466 g/mol. The van der Waals surface area contributed by atoms with Crippen LogP contribution in [0.3, 0.4) is 0 Å². The lowest BCUT2D eigenvalue weighted by molar-refractivity contribution is 0.175. The summed E-state index contributed by atoms with van der Waals surface area (Å²) in [5.74, 6) is 0. The third-order valence-corrected chi connectivity index (χ3v) is 7.80. The third-order valence-electron chi connectivity index (χ3n) is 6.39. The normalized spacial score (nSPS) is 16.6. The molecule has 0 saturated carbocycles. The Kier molecular flexibility index (Phi) is 5.46. The Labute approximate surface area is 205 Å². The Morgan fingerprint density at radius 2 is 1.82 bits per heavy atom. The van der Waals surface area contributed by atoms with E-state index in [1.54, 1.807) is 10.9 Å². The van der Waals surface area contributed by atoms with Crippen molar-refractivity contribution in [3.8, 4) is 16.1 Å². The second-order valence-electron chi connectivity index (χ2n) is 8.80. The molecule has 1 N–H and O–H groups in total. The SMILES string of the molecule is O=c1c2sc(-c3ccc(Cl)cc3)cc2ncn1-c1ccc2cc(CN3CC[C@@H](O)C3)ccc2c1. The molecule has 0 aliphatic carbocycles. The topological polar surface area (TPSA) is 58.4 Å². The van der Waals surface area contributed by atoms with Gasteiger partial charge in [0.1, 0.15) is 11.0 Å². The Morgan fingerprint density at radius 3 is 2.62 bits per heavy atom. The van der Waals surface area contributed by atoms with Crippen LogP contribution in [0.25, 0.3) is 37.1 Å². The van der Waals surface area contributed by atoms with Gasteiger partial charge in [0.05, 0.1) is 17.3 Å². The number of aromatic nitrogens is 2. The Balaban J connectivity index is 1.33. The zero-order valence-corrected chi connectivity index (χ0v) is 19.9. The Morgan fingerprint density at radius 1 is 1.03 bits per heavy atom. The van der Waals surface area contributed by atoms with Gasteiger partial charge in [-0.3, -0.25) is 14.3 Å². The summed E-state index contributed by atoms with van der Waals surface area (Å²) in [6.07, 6.45) is 2.24. The monoisotopic (exact) mass is 487 g/mol. The molecule has 34 heavy (non-hydrogen) atoms. The summed E-state index contributed by atoms with van der Waals surface area (Å²) < 4.78 is 2.25. The van der Waals surface area contributed by atoms with Gasteiger partial charge < -0.3 is 5.11 Å². The quantitative estimate of drug-likeness (QED) is 0.364. The molecule has 1 aliphatic heterocycles. The maximum atomic E-state index is 13.3. The number of likely N-dealkylation sites (tertiary alicyclic amines) is 1. The number of thiophene rings is 1. The van der Waals surface area contributed by atoms with Gasteiger partial charge >= 0.3 is 0 Å². The van der Waals surface area contributed by atoms with Crippen molar-refractivity contribution in [1.82, 2.24) is 14.5 Å². The van der Waals surface area contributed by atoms with E-state index in [-0.39, 0.29) is 11.7 Å². The van der Waals surface area contributed by atoms with Crippen LogP contribution in [0.2, 0.25) is 5.02 Å². The number of aliphatic hydroxyl groups is 1. The summed E-state index contributed by atoms with van der Waals surface area (Å²) in [6.45, 7) is 2.50. The van der Waals surface area contributed by atoms with E-state index in [9.17, 15) is 9.90 Å². The number of hydrogen-bond donors (Lipinski definition) is 1. The number of fused-ring (bicyclic) bond motifs is 2. The second kappa shape index (κ2) is 8.64. The van der Waals surface area contributed by atoms with Crippen LogP contribution >= 0.6 is 22.9 Å². The molecule has 1 saturated heterocycles. The summed E-state index contributed by atoms with van der Waals surface area (Å²) in [7, 11) is 0. The van der Waals surface area contributed by atoms with E-state index in [1.165, 1.54) is 16.9 Å². The van der Waals surface area contributed by atoms with Gasteiger partial charge in [0.25, 0.3) is 5.56 Å². The van der Waals surface area contributed by atoms with Gasteiger partial charge in [0.2, 0.25) is 0 Å². The molecule has 5 nitrogen and oxygen atoms in total. The molecule has 3 aromatic carbocycles. The van der Waals surface area contributed by atoms with Crippen molar-refractivity contribution in [3.63, 3.8) is 0 Å². The van der Waals surface area contributed by atoms with Crippen molar-refractivity contribution in [3.05, 3.63) is 94.0 Å². The number of β-amino-alcohol motifs (C(OH)–C–C–N with tert-alkyl or cyclic N) is 1. The van der Waals surface area contributed by atoms with Crippen molar-refractivity contribution >= 4 is 43.9 Å². The first-order chi connectivity index (χ1) is 16.5. The minimum absolute atomic E-state index is 0.0706. The first kappa shape index (κ1) is 21.5. The van der Waals surface area contributed by atoms with Crippen LogP contribution in [0.5, 0.6) is 0 Å². The maximum Gasteiger partial charge on any atom is 0.275 e. The molecule has 170 valence electrons. The van der Waals surface area contributed by atoms with Crippen molar-refractivity contribution in [2.45, 2.75) is 19.1 Å². The van der Waals surface area contributed by atoms with Gasteiger partial charge in [0, 0.05) is 29.5 Å². The molecule has 1 atom stereocenters. The van der Waals surface area contributed by atoms with Crippen LogP contribution in [0.15, 0.2) is 77.9 Å². The van der Waals surface area contributed by atoms with Gasteiger partial charge in [-0.2, -0.15) is 0 Å². The molecule has 3 heterocycles. The molecule has 0 spiro atoms. The van der Waals surface area contributed by atoms with Crippen molar-refractivity contribution in [2.24, 2.45) is 0 Å². The Hall–Kier alpha value is -3.03. The lowest BCUT2D eigenvalue weighted by Crippen LogP contribution is -2.21. The predicted molar refractivity (Wildman–Crippen MR) is 139 cm³/mol. The van der Waals surface area contributed by atoms with Gasteiger partial charge in [-0.05, 0) is 64.7 Å². The summed E-state index contributed by atoms with van der Waals surface area (Å²) in [6, 6.07) is 22.0. The van der Waals surface area contributed by atoms with E-state index in [0.29, 0.717) is 15.2 Å². The van der Waals surface area contributed by atoms with E-state index in [4.69, 9.17) is 11.6 Å². The molecule has 0 amide bonds. The maximum absolute atomic E-state index is 13.3. The molecular formula is C27H22ClN3O2S. The van der Waals surface area contributed by atoms with E-state index < -0.39 is 0 Å². The van der Waals surface area contributed by atoms with E-state index in [2.05, 4.69) is 34.1 Å². The molecule has 5 aromatic rings. The standard InChI is InChI=1S/C27H22ClN3O2S/c28-21-6-3-18(4-7-21)25-13-24-26(34-25)27(33)31(16-29-24)22-8-5-19-11-17(1-2-20(19)12-22)14-30-10-9-23(32)15-30/h1-8,11-13,16,23,32H,9-10,14-15H2/t23-/m1/s1. The fourth-order valence-corrected chi connectivity index (χ4v) is 5.77.